The largest absolute Gasteiger partial charge is 0.447 e. The van der Waals surface area contributed by atoms with E-state index in [0.717, 1.165) is 16.8 Å². The van der Waals surface area contributed by atoms with E-state index in [1.54, 1.807) is 9.80 Å². The second-order valence-corrected chi connectivity index (χ2v) is 5.77. The Kier molecular flexibility index (Phi) is 4.02. The van der Waals surface area contributed by atoms with Crippen molar-refractivity contribution in [3.05, 3.63) is 29.3 Å². The lowest BCUT2D eigenvalue weighted by atomic mass is 10.0. The summed E-state index contributed by atoms with van der Waals surface area (Å²) < 4.78 is 10.2. The van der Waals surface area contributed by atoms with Crippen LogP contribution in [0.1, 0.15) is 17.5 Å². The molecule has 0 aromatic heterocycles. The quantitative estimate of drug-likeness (QED) is 0.834. The lowest BCUT2D eigenvalue weighted by Crippen LogP contribution is -2.43. The van der Waals surface area contributed by atoms with Crippen molar-refractivity contribution >= 4 is 17.7 Å². The lowest BCUT2D eigenvalue weighted by Gasteiger charge is -2.32. The van der Waals surface area contributed by atoms with Gasteiger partial charge in [0.25, 0.3) is 0 Å². The Balaban J connectivity index is 1.98. The monoisotopic (exact) mass is 304 g/mol. The van der Waals surface area contributed by atoms with Gasteiger partial charge in [0.15, 0.2) is 0 Å². The van der Waals surface area contributed by atoms with Gasteiger partial charge in [0.05, 0.1) is 11.7 Å². The average molecular weight is 304 g/mol. The molecular weight excluding hydrogens is 284 g/mol. The van der Waals surface area contributed by atoms with Crippen LogP contribution in [0.5, 0.6) is 0 Å². The predicted molar refractivity (Wildman–Crippen MR) is 80.7 cm³/mol. The molecule has 6 heteroatoms. The van der Waals surface area contributed by atoms with Gasteiger partial charge in [-0.05, 0) is 30.5 Å². The summed E-state index contributed by atoms with van der Waals surface area (Å²) in [4.78, 5) is 27.8. The minimum Gasteiger partial charge on any atom is -0.447 e. The maximum atomic E-state index is 12.2. The first-order valence-electron chi connectivity index (χ1n) is 7.42. The fraction of sp³-hybridized carbons (Fsp3) is 0.500. The van der Waals surface area contributed by atoms with Crippen molar-refractivity contribution in [3.8, 4) is 0 Å². The van der Waals surface area contributed by atoms with Gasteiger partial charge in [-0.25, -0.2) is 4.79 Å². The van der Waals surface area contributed by atoms with E-state index >= 15 is 0 Å². The van der Waals surface area contributed by atoms with E-state index in [-0.39, 0.29) is 24.6 Å². The number of methoxy groups -OCH3 is 1. The van der Waals surface area contributed by atoms with Gasteiger partial charge in [-0.3, -0.25) is 9.69 Å². The Morgan fingerprint density at radius 2 is 2.27 bits per heavy atom. The van der Waals surface area contributed by atoms with E-state index in [9.17, 15) is 9.59 Å². The van der Waals surface area contributed by atoms with Gasteiger partial charge in [-0.15, -0.1) is 0 Å². The second kappa shape index (κ2) is 5.96. The predicted octanol–water partition coefficient (Wildman–Crippen LogP) is 1.70. The van der Waals surface area contributed by atoms with E-state index in [2.05, 4.69) is 0 Å². The third-order valence-corrected chi connectivity index (χ3v) is 4.18. The molecule has 118 valence electrons. The highest BCUT2D eigenvalue weighted by molar-refractivity contribution is 5.91. The Bertz CT molecular complexity index is 602. The summed E-state index contributed by atoms with van der Waals surface area (Å²) >= 11 is 0. The first-order chi connectivity index (χ1) is 10.6. The Morgan fingerprint density at radius 3 is 3.05 bits per heavy atom. The van der Waals surface area contributed by atoms with Crippen LogP contribution in [0.4, 0.5) is 10.5 Å². The van der Waals surface area contributed by atoms with Gasteiger partial charge in [0.2, 0.25) is 5.91 Å². The molecule has 0 radical (unpaired) electrons. The minimum atomic E-state index is -0.298. The number of hydrogen-bond acceptors (Lipinski definition) is 4. The number of aryl methyl sites for hydroxylation is 1. The lowest BCUT2D eigenvalue weighted by molar-refractivity contribution is -0.135. The molecule has 0 bridgehead atoms. The molecule has 22 heavy (non-hydrogen) atoms. The smallest absolute Gasteiger partial charge is 0.414 e. The van der Waals surface area contributed by atoms with Crippen molar-refractivity contribution in [3.63, 3.8) is 0 Å². The molecule has 0 unspecified atom stereocenters. The molecule has 1 aromatic carbocycles. The van der Waals surface area contributed by atoms with Crippen LogP contribution in [-0.4, -0.2) is 49.8 Å². The van der Waals surface area contributed by atoms with Crippen molar-refractivity contribution in [2.75, 3.05) is 31.8 Å². The summed E-state index contributed by atoms with van der Waals surface area (Å²) in [6.45, 7) is 3.51. The number of carbonyl (C=O) groups is 2. The van der Waals surface area contributed by atoms with Gasteiger partial charge >= 0.3 is 6.09 Å². The van der Waals surface area contributed by atoms with E-state index < -0.39 is 0 Å². The number of fused-ring (bicyclic) bond motifs is 3. The first kappa shape index (κ1) is 14.8. The number of anilines is 1. The molecule has 1 saturated heterocycles. The van der Waals surface area contributed by atoms with Crippen molar-refractivity contribution < 1.29 is 19.1 Å². The fourth-order valence-corrected chi connectivity index (χ4v) is 3.02. The Hall–Kier alpha value is -2.08. The summed E-state index contributed by atoms with van der Waals surface area (Å²) in [5, 5.41) is 0. The zero-order chi connectivity index (χ0) is 15.7. The normalized spacial score (nSPS) is 20.8. The molecule has 0 saturated carbocycles. The molecule has 1 atom stereocenters. The van der Waals surface area contributed by atoms with Crippen LogP contribution in [0, 0.1) is 6.92 Å². The average Bonchev–Trinajstić information content (AvgIpc) is 2.83. The molecule has 2 heterocycles. The van der Waals surface area contributed by atoms with Gasteiger partial charge in [-0.1, -0.05) is 12.1 Å². The summed E-state index contributed by atoms with van der Waals surface area (Å²) in [6.07, 6.45) is 0.405. The molecule has 3 rings (SSSR count). The maximum Gasteiger partial charge on any atom is 0.414 e. The standard InChI is InChI=1S/C16H20N2O4/c1-11-3-4-12-8-17(15(19)10-21-2)6-5-13-9-22-16(20)18(13)14(12)7-11/h3-4,7,13H,5-6,8-10H2,1-2H3/t13-/m0/s1. The number of benzene rings is 1. The van der Waals surface area contributed by atoms with Crippen molar-refractivity contribution in [1.29, 1.82) is 0 Å². The van der Waals surface area contributed by atoms with Crippen LogP contribution in [0.2, 0.25) is 0 Å². The van der Waals surface area contributed by atoms with Crippen LogP contribution in [0.25, 0.3) is 0 Å². The molecular formula is C16H20N2O4. The molecule has 6 nitrogen and oxygen atoms in total. The molecule has 1 aromatic rings. The summed E-state index contributed by atoms with van der Waals surface area (Å²) in [5.41, 5.74) is 2.88. The highest BCUT2D eigenvalue weighted by Crippen LogP contribution is 2.32. The van der Waals surface area contributed by atoms with E-state index in [1.807, 2.05) is 25.1 Å². The van der Waals surface area contributed by atoms with E-state index in [4.69, 9.17) is 9.47 Å². The SMILES string of the molecule is COCC(=O)N1CC[C@H]2COC(=O)N2c2cc(C)ccc2C1. The number of nitrogens with zero attached hydrogens (tertiary/aromatic N) is 2. The van der Waals surface area contributed by atoms with E-state index in [1.165, 1.54) is 7.11 Å². The van der Waals surface area contributed by atoms with Gasteiger partial charge in [-0.2, -0.15) is 0 Å². The number of ether oxygens (including phenoxy) is 2. The number of amides is 2. The summed E-state index contributed by atoms with van der Waals surface area (Å²) in [5.74, 6) is -0.0345. The van der Waals surface area contributed by atoms with Crippen LogP contribution < -0.4 is 4.90 Å². The van der Waals surface area contributed by atoms with Crippen LogP contribution >= 0.6 is 0 Å². The Morgan fingerprint density at radius 1 is 1.45 bits per heavy atom. The molecule has 0 spiro atoms. The first-order valence-corrected chi connectivity index (χ1v) is 7.42. The van der Waals surface area contributed by atoms with Gasteiger partial charge in [0.1, 0.15) is 13.2 Å². The van der Waals surface area contributed by atoms with E-state index in [0.29, 0.717) is 26.1 Å². The molecule has 0 N–H and O–H groups in total. The zero-order valence-electron chi connectivity index (χ0n) is 12.9. The molecule has 0 aliphatic carbocycles. The highest BCUT2D eigenvalue weighted by Gasteiger charge is 2.37. The molecule has 1 fully saturated rings. The zero-order valence-corrected chi connectivity index (χ0v) is 12.9. The van der Waals surface area contributed by atoms with Crippen molar-refractivity contribution in [2.24, 2.45) is 0 Å². The van der Waals surface area contributed by atoms with Crippen molar-refractivity contribution in [1.82, 2.24) is 4.90 Å². The van der Waals surface area contributed by atoms with Gasteiger partial charge in [0, 0.05) is 20.2 Å². The number of hydrogen-bond donors (Lipinski definition) is 0. The van der Waals surface area contributed by atoms with Crippen LogP contribution in [-0.2, 0) is 20.8 Å². The fourth-order valence-electron chi connectivity index (χ4n) is 3.02. The molecule has 2 amide bonds. The maximum absolute atomic E-state index is 12.2. The Labute approximate surface area is 129 Å². The van der Waals surface area contributed by atoms with Crippen LogP contribution in [0.3, 0.4) is 0 Å². The highest BCUT2D eigenvalue weighted by atomic mass is 16.6. The third-order valence-electron chi connectivity index (χ3n) is 4.18. The second-order valence-electron chi connectivity index (χ2n) is 5.77. The number of rotatable bonds is 2. The summed E-state index contributed by atoms with van der Waals surface area (Å²) in [6, 6.07) is 5.94. The van der Waals surface area contributed by atoms with Gasteiger partial charge < -0.3 is 14.4 Å². The van der Waals surface area contributed by atoms with Crippen molar-refractivity contribution in [2.45, 2.75) is 25.9 Å². The number of cyclic esters (lactones) is 1. The molecule has 2 aliphatic heterocycles. The third kappa shape index (κ3) is 2.66. The topological polar surface area (TPSA) is 59.1 Å². The minimum absolute atomic E-state index is 0.0220. The summed E-state index contributed by atoms with van der Waals surface area (Å²) in [7, 11) is 1.52. The van der Waals surface area contributed by atoms with Crippen LogP contribution in [0.15, 0.2) is 18.2 Å². The number of carbonyl (C=O) groups excluding carboxylic acids is 2. The molecule has 2 aliphatic rings.